The minimum Gasteiger partial charge on any atom is -0.331 e. The average molecular weight is 461 g/mol. The molecule has 30 heavy (non-hydrogen) atoms. The number of urea groups is 1. The van der Waals surface area contributed by atoms with Crippen LogP contribution in [0.1, 0.15) is 41.0 Å². The molecule has 4 amide bonds. The molecule has 0 aliphatic carbocycles. The molecule has 0 aliphatic rings. The van der Waals surface area contributed by atoms with Gasteiger partial charge in [0.05, 0.1) is 10.7 Å². The van der Waals surface area contributed by atoms with Gasteiger partial charge in [-0.05, 0) is 36.0 Å². The molecule has 1 aromatic carbocycles. The first kappa shape index (κ1) is 26.0. The van der Waals surface area contributed by atoms with Crippen LogP contribution >= 0.6 is 23.2 Å². The van der Waals surface area contributed by atoms with Gasteiger partial charge in [-0.1, -0.05) is 57.8 Å². The quantitative estimate of drug-likeness (QED) is 0.348. The third kappa shape index (κ3) is 8.38. The third-order valence-corrected chi connectivity index (χ3v) is 4.88. The summed E-state index contributed by atoms with van der Waals surface area (Å²) in [7, 11) is 0. The van der Waals surface area contributed by atoms with Crippen molar-refractivity contribution >= 4 is 46.7 Å². The fourth-order valence-electron chi connectivity index (χ4n) is 2.60. The van der Waals surface area contributed by atoms with Gasteiger partial charge in [0.25, 0.3) is 5.91 Å². The molecule has 0 fully saturated rings. The number of halogens is 2. The van der Waals surface area contributed by atoms with Gasteiger partial charge < -0.3 is 15.5 Å². The second kappa shape index (κ2) is 11.4. The van der Waals surface area contributed by atoms with Crippen molar-refractivity contribution in [1.29, 1.82) is 0 Å². The number of nitrogens with zero attached hydrogens (tertiary/aromatic N) is 1. The molecule has 0 radical (unpaired) electrons. The fraction of sp³-hybridized carbons (Fsp3) is 0.550. The number of hydroxylamine groups is 1. The van der Waals surface area contributed by atoms with Gasteiger partial charge in [0, 0.05) is 11.6 Å². The number of rotatable bonds is 8. The predicted molar refractivity (Wildman–Crippen MR) is 118 cm³/mol. The largest absolute Gasteiger partial charge is 0.331 e. The highest BCUT2D eigenvalue weighted by atomic mass is 35.5. The molecule has 0 spiro atoms. The van der Waals surface area contributed by atoms with Gasteiger partial charge >= 0.3 is 6.03 Å². The number of amides is 4. The third-order valence-electron chi connectivity index (χ3n) is 4.31. The van der Waals surface area contributed by atoms with Gasteiger partial charge in [0.15, 0.2) is 0 Å². The van der Waals surface area contributed by atoms with E-state index in [9.17, 15) is 14.4 Å². The number of hydrogen-bond acceptors (Lipinski definition) is 4. The van der Waals surface area contributed by atoms with Crippen LogP contribution in [0.3, 0.4) is 0 Å². The van der Waals surface area contributed by atoms with E-state index in [1.807, 2.05) is 13.8 Å². The van der Waals surface area contributed by atoms with Crippen LogP contribution in [0.15, 0.2) is 18.2 Å². The van der Waals surface area contributed by atoms with Gasteiger partial charge in [-0.25, -0.2) is 10.3 Å². The lowest BCUT2D eigenvalue weighted by Gasteiger charge is -2.35. The van der Waals surface area contributed by atoms with E-state index in [1.54, 1.807) is 38.4 Å². The molecule has 0 aliphatic heterocycles. The number of anilines is 1. The summed E-state index contributed by atoms with van der Waals surface area (Å²) in [6.45, 7) is 9.38. The maximum Gasteiger partial charge on any atom is 0.319 e. The second-order valence-electron chi connectivity index (χ2n) is 8.50. The maximum absolute atomic E-state index is 13.2. The van der Waals surface area contributed by atoms with E-state index in [0.29, 0.717) is 34.6 Å². The molecule has 0 aromatic heterocycles. The lowest BCUT2D eigenvalue weighted by molar-refractivity contribution is -0.142. The molecule has 10 heteroatoms. The van der Waals surface area contributed by atoms with Crippen LogP contribution < -0.4 is 16.1 Å². The first-order valence-electron chi connectivity index (χ1n) is 9.59. The Morgan fingerprint density at radius 2 is 1.80 bits per heavy atom. The van der Waals surface area contributed by atoms with E-state index in [-0.39, 0.29) is 6.54 Å². The number of carbonyl (C=O) groups is 3. The normalized spacial score (nSPS) is 12.3. The van der Waals surface area contributed by atoms with Crippen LogP contribution in [-0.4, -0.2) is 47.1 Å². The molecule has 0 saturated carbocycles. The zero-order valence-corrected chi connectivity index (χ0v) is 19.4. The van der Waals surface area contributed by atoms with Crippen molar-refractivity contribution in [3.05, 3.63) is 28.2 Å². The SMILES string of the molecule is CC(C)CCN(CC(=O)NO)C(=O)[C@@H](NC(=O)Nc1cc(Cl)ccc1Cl)C(C)(C)C. The molecular weight excluding hydrogens is 431 g/mol. The molecule has 1 atom stereocenters. The van der Waals surface area contributed by atoms with Gasteiger partial charge in [-0.2, -0.15) is 0 Å². The minimum absolute atomic E-state index is 0.298. The highest BCUT2D eigenvalue weighted by Gasteiger charge is 2.36. The van der Waals surface area contributed by atoms with Crippen molar-refractivity contribution in [1.82, 2.24) is 15.7 Å². The fourth-order valence-corrected chi connectivity index (χ4v) is 2.94. The first-order valence-corrected chi connectivity index (χ1v) is 10.3. The van der Waals surface area contributed by atoms with E-state index in [1.165, 1.54) is 11.0 Å². The van der Waals surface area contributed by atoms with Crippen molar-refractivity contribution in [2.45, 2.75) is 47.1 Å². The summed E-state index contributed by atoms with van der Waals surface area (Å²) in [5, 5.41) is 14.8. The van der Waals surface area contributed by atoms with E-state index >= 15 is 0 Å². The molecule has 0 saturated heterocycles. The van der Waals surface area contributed by atoms with Crippen LogP contribution in [0.25, 0.3) is 0 Å². The Kier molecular flexibility index (Phi) is 9.87. The van der Waals surface area contributed by atoms with Crippen molar-refractivity contribution < 1.29 is 19.6 Å². The van der Waals surface area contributed by atoms with Gasteiger partial charge in [0.2, 0.25) is 5.91 Å². The summed E-state index contributed by atoms with van der Waals surface area (Å²) in [4.78, 5) is 38.9. The number of benzene rings is 1. The highest BCUT2D eigenvalue weighted by Crippen LogP contribution is 2.26. The minimum atomic E-state index is -0.936. The Hall–Kier alpha value is -2.03. The van der Waals surface area contributed by atoms with E-state index < -0.39 is 29.3 Å². The van der Waals surface area contributed by atoms with E-state index in [2.05, 4.69) is 10.6 Å². The summed E-state index contributed by atoms with van der Waals surface area (Å²) >= 11 is 12.0. The zero-order chi connectivity index (χ0) is 23.1. The van der Waals surface area contributed by atoms with Crippen LogP contribution in [0.4, 0.5) is 10.5 Å². The van der Waals surface area contributed by atoms with E-state index in [0.717, 1.165) is 0 Å². The Labute approximate surface area is 187 Å². The molecule has 0 unspecified atom stereocenters. The first-order chi connectivity index (χ1) is 13.8. The number of hydrogen-bond donors (Lipinski definition) is 4. The monoisotopic (exact) mass is 460 g/mol. The standard InChI is InChI=1S/C20H30Cl2N4O4/c1-12(2)8-9-26(11-16(27)25-30)18(28)17(20(3,4)5)24-19(29)23-15-10-13(21)6-7-14(15)22/h6-7,10,12,17,30H,8-9,11H2,1-5H3,(H,25,27)(H2,23,24,29)/t17-/m1/s1. The lowest BCUT2D eigenvalue weighted by Crippen LogP contribution is -2.57. The van der Waals surface area contributed by atoms with Crippen molar-refractivity contribution in [3.8, 4) is 0 Å². The predicted octanol–water partition coefficient (Wildman–Crippen LogP) is 3.91. The summed E-state index contributed by atoms with van der Waals surface area (Å²) in [6.07, 6.45) is 0.658. The molecular formula is C20H30Cl2N4O4. The molecule has 0 heterocycles. The van der Waals surface area contributed by atoms with Gasteiger partial charge in [-0.15, -0.1) is 0 Å². The number of carbonyl (C=O) groups excluding carboxylic acids is 3. The molecule has 4 N–H and O–H groups in total. The van der Waals surface area contributed by atoms with Crippen LogP contribution in [0.5, 0.6) is 0 Å². The van der Waals surface area contributed by atoms with Crippen molar-refractivity contribution in [3.63, 3.8) is 0 Å². The summed E-state index contributed by atoms with van der Waals surface area (Å²) in [5.74, 6) is -0.846. The highest BCUT2D eigenvalue weighted by molar-refractivity contribution is 6.35. The van der Waals surface area contributed by atoms with Crippen molar-refractivity contribution in [2.75, 3.05) is 18.4 Å². The summed E-state index contributed by atoms with van der Waals surface area (Å²) in [6, 6.07) is 3.06. The Bertz CT molecular complexity index is 766. The Morgan fingerprint density at radius 1 is 1.17 bits per heavy atom. The van der Waals surface area contributed by atoms with Crippen LogP contribution in [0.2, 0.25) is 10.0 Å². The molecule has 168 valence electrons. The molecule has 8 nitrogen and oxygen atoms in total. The zero-order valence-electron chi connectivity index (χ0n) is 17.9. The summed E-state index contributed by atoms with van der Waals surface area (Å²) in [5.41, 5.74) is 1.19. The Balaban J connectivity index is 3.04. The average Bonchev–Trinajstić information content (AvgIpc) is 2.64. The molecule has 1 aromatic rings. The number of nitrogens with one attached hydrogen (secondary N) is 3. The molecule has 1 rings (SSSR count). The lowest BCUT2D eigenvalue weighted by atomic mass is 9.85. The van der Waals surface area contributed by atoms with Crippen LogP contribution in [-0.2, 0) is 9.59 Å². The van der Waals surface area contributed by atoms with Crippen molar-refractivity contribution in [2.24, 2.45) is 11.3 Å². The summed E-state index contributed by atoms with van der Waals surface area (Å²) < 4.78 is 0. The van der Waals surface area contributed by atoms with Gasteiger partial charge in [-0.3, -0.25) is 14.8 Å². The van der Waals surface area contributed by atoms with Gasteiger partial charge in [0.1, 0.15) is 12.6 Å². The Morgan fingerprint density at radius 3 is 2.33 bits per heavy atom. The van der Waals surface area contributed by atoms with E-state index in [4.69, 9.17) is 28.4 Å². The van der Waals surface area contributed by atoms with Crippen LogP contribution in [0, 0.1) is 11.3 Å². The smallest absolute Gasteiger partial charge is 0.319 e. The second-order valence-corrected chi connectivity index (χ2v) is 9.34. The topological polar surface area (TPSA) is 111 Å². The maximum atomic E-state index is 13.2. The molecule has 0 bridgehead atoms.